The van der Waals surface area contributed by atoms with Crippen LogP contribution in [0.15, 0.2) is 48.8 Å². The van der Waals surface area contributed by atoms with Crippen LogP contribution >= 0.6 is 0 Å². The molecule has 3 N–H and O–H groups in total. The Labute approximate surface area is 157 Å². The van der Waals surface area contributed by atoms with Gasteiger partial charge < -0.3 is 10.4 Å². The summed E-state index contributed by atoms with van der Waals surface area (Å²) < 4.78 is 0. The van der Waals surface area contributed by atoms with Crippen LogP contribution in [0.5, 0.6) is 0 Å². The van der Waals surface area contributed by atoms with Crippen molar-refractivity contribution in [2.75, 3.05) is 0 Å². The van der Waals surface area contributed by atoms with E-state index in [4.69, 9.17) is 0 Å². The molecule has 0 atom stereocenters. The monoisotopic (exact) mass is 365 g/mol. The number of amides is 1. The fraction of sp³-hybridized carbons (Fsp3) is 0.300. The first-order chi connectivity index (χ1) is 12.9. The lowest BCUT2D eigenvalue weighted by atomic mass is 9.98. The van der Waals surface area contributed by atoms with E-state index in [1.165, 1.54) is 0 Å². The van der Waals surface area contributed by atoms with Crippen molar-refractivity contribution in [1.82, 2.24) is 25.5 Å². The number of carbonyl (C=O) groups is 1. The second-order valence-corrected chi connectivity index (χ2v) is 7.04. The molecular weight excluding hydrogens is 342 g/mol. The Balaban J connectivity index is 1.59. The Kier molecular flexibility index (Phi) is 5.61. The van der Waals surface area contributed by atoms with Gasteiger partial charge in [0.15, 0.2) is 5.82 Å². The molecule has 0 unspecified atom stereocenters. The molecule has 0 radical (unpaired) electrons. The van der Waals surface area contributed by atoms with Crippen molar-refractivity contribution in [3.05, 3.63) is 65.7 Å². The molecular formula is C20H23N5O2. The zero-order chi connectivity index (χ0) is 19.3. The fourth-order valence-corrected chi connectivity index (χ4v) is 2.59. The van der Waals surface area contributed by atoms with Crippen molar-refractivity contribution < 1.29 is 9.90 Å². The van der Waals surface area contributed by atoms with Crippen molar-refractivity contribution >= 4 is 5.91 Å². The summed E-state index contributed by atoms with van der Waals surface area (Å²) in [7, 11) is 0. The number of nitrogens with zero attached hydrogens (tertiary/aromatic N) is 3. The number of aromatic amines is 1. The molecule has 0 bridgehead atoms. The largest absolute Gasteiger partial charge is 0.390 e. The molecule has 0 saturated heterocycles. The second kappa shape index (κ2) is 8.09. The summed E-state index contributed by atoms with van der Waals surface area (Å²) in [5, 5.41) is 19.7. The van der Waals surface area contributed by atoms with Crippen molar-refractivity contribution in [3.8, 4) is 11.4 Å². The fourth-order valence-electron chi connectivity index (χ4n) is 2.59. The Morgan fingerprint density at radius 1 is 1.22 bits per heavy atom. The van der Waals surface area contributed by atoms with Gasteiger partial charge in [0.2, 0.25) is 0 Å². The third kappa shape index (κ3) is 5.46. The molecule has 0 spiro atoms. The van der Waals surface area contributed by atoms with Crippen LogP contribution in [0, 0.1) is 0 Å². The standard InChI is InChI=1S/C20H23N5O2/c1-20(2,27)9-6-14-4-3-5-16(12-14)19(26)22-13-17-23-18(25-24-17)15-7-10-21-11-8-15/h3-5,7-8,10-12,27H,6,9,13H2,1-2H3,(H,22,26)(H,23,24,25). The Bertz CT molecular complexity index is 900. The third-order valence-electron chi connectivity index (χ3n) is 4.10. The van der Waals surface area contributed by atoms with E-state index in [0.29, 0.717) is 30.1 Å². The predicted molar refractivity (Wildman–Crippen MR) is 102 cm³/mol. The number of aromatic nitrogens is 4. The van der Waals surface area contributed by atoms with Gasteiger partial charge >= 0.3 is 0 Å². The zero-order valence-electron chi connectivity index (χ0n) is 15.4. The van der Waals surface area contributed by atoms with Crippen LogP contribution in [0.3, 0.4) is 0 Å². The van der Waals surface area contributed by atoms with Crippen molar-refractivity contribution in [1.29, 1.82) is 0 Å². The van der Waals surface area contributed by atoms with E-state index in [1.807, 2.05) is 30.3 Å². The topological polar surface area (TPSA) is 104 Å². The van der Waals surface area contributed by atoms with E-state index >= 15 is 0 Å². The smallest absolute Gasteiger partial charge is 0.251 e. The van der Waals surface area contributed by atoms with Gasteiger partial charge in [-0.1, -0.05) is 12.1 Å². The second-order valence-electron chi connectivity index (χ2n) is 7.04. The molecule has 3 aromatic rings. The van der Waals surface area contributed by atoms with E-state index in [1.54, 1.807) is 32.3 Å². The van der Waals surface area contributed by atoms with Crippen LogP contribution in [0.1, 0.15) is 42.0 Å². The van der Waals surface area contributed by atoms with Gasteiger partial charge in [-0.15, -0.1) is 0 Å². The van der Waals surface area contributed by atoms with Gasteiger partial charge in [0, 0.05) is 23.5 Å². The van der Waals surface area contributed by atoms with Crippen LogP contribution in [0.2, 0.25) is 0 Å². The van der Waals surface area contributed by atoms with E-state index in [0.717, 1.165) is 11.1 Å². The van der Waals surface area contributed by atoms with E-state index in [2.05, 4.69) is 25.5 Å². The number of H-pyrrole nitrogens is 1. The van der Waals surface area contributed by atoms with E-state index in [9.17, 15) is 9.90 Å². The van der Waals surface area contributed by atoms with Crippen LogP contribution < -0.4 is 5.32 Å². The van der Waals surface area contributed by atoms with Gasteiger partial charge in [0.1, 0.15) is 5.82 Å². The highest BCUT2D eigenvalue weighted by atomic mass is 16.3. The predicted octanol–water partition coefficient (Wildman–Crippen LogP) is 2.50. The molecule has 7 nitrogen and oxygen atoms in total. The first-order valence-corrected chi connectivity index (χ1v) is 8.82. The molecule has 3 rings (SSSR count). The number of aliphatic hydroxyl groups is 1. The van der Waals surface area contributed by atoms with Gasteiger partial charge in [0.25, 0.3) is 5.91 Å². The lowest BCUT2D eigenvalue weighted by Crippen LogP contribution is -2.23. The molecule has 0 fully saturated rings. The highest BCUT2D eigenvalue weighted by molar-refractivity contribution is 5.94. The maximum atomic E-state index is 12.4. The van der Waals surface area contributed by atoms with Crippen molar-refractivity contribution in [2.24, 2.45) is 0 Å². The van der Waals surface area contributed by atoms with Gasteiger partial charge in [-0.05, 0) is 56.5 Å². The number of hydrogen-bond acceptors (Lipinski definition) is 5. The average molecular weight is 365 g/mol. The third-order valence-corrected chi connectivity index (χ3v) is 4.10. The summed E-state index contributed by atoms with van der Waals surface area (Å²) in [4.78, 5) is 20.8. The summed E-state index contributed by atoms with van der Waals surface area (Å²) in [6, 6.07) is 11.1. The van der Waals surface area contributed by atoms with Crippen molar-refractivity contribution in [3.63, 3.8) is 0 Å². The molecule has 0 aliphatic rings. The van der Waals surface area contributed by atoms with Gasteiger partial charge in [-0.2, -0.15) is 5.10 Å². The minimum atomic E-state index is -0.725. The highest BCUT2D eigenvalue weighted by Crippen LogP contribution is 2.15. The molecule has 2 heterocycles. The number of hydrogen-bond donors (Lipinski definition) is 3. The Morgan fingerprint density at radius 2 is 2.00 bits per heavy atom. The molecule has 140 valence electrons. The molecule has 0 aliphatic carbocycles. The number of carbonyl (C=O) groups excluding carboxylic acids is 1. The van der Waals surface area contributed by atoms with Gasteiger partial charge in [-0.25, -0.2) is 4.98 Å². The van der Waals surface area contributed by atoms with E-state index in [-0.39, 0.29) is 12.5 Å². The first-order valence-electron chi connectivity index (χ1n) is 8.82. The molecule has 7 heteroatoms. The molecule has 0 aliphatic heterocycles. The van der Waals surface area contributed by atoms with Crippen molar-refractivity contribution in [2.45, 2.75) is 38.8 Å². The minimum absolute atomic E-state index is 0.179. The van der Waals surface area contributed by atoms with E-state index < -0.39 is 5.60 Å². The molecule has 0 saturated carbocycles. The summed E-state index contributed by atoms with van der Waals surface area (Å²) >= 11 is 0. The number of rotatable bonds is 7. The van der Waals surface area contributed by atoms with Crippen LogP contribution in [-0.4, -0.2) is 36.8 Å². The summed E-state index contributed by atoms with van der Waals surface area (Å²) in [5.74, 6) is 0.964. The summed E-state index contributed by atoms with van der Waals surface area (Å²) in [6.45, 7) is 3.81. The van der Waals surface area contributed by atoms with Crippen LogP contribution in [0.25, 0.3) is 11.4 Å². The molecule has 1 aromatic carbocycles. The minimum Gasteiger partial charge on any atom is -0.390 e. The van der Waals surface area contributed by atoms with Crippen LogP contribution in [-0.2, 0) is 13.0 Å². The normalized spacial score (nSPS) is 11.4. The number of benzene rings is 1. The maximum Gasteiger partial charge on any atom is 0.251 e. The first kappa shape index (κ1) is 18.7. The summed E-state index contributed by atoms with van der Waals surface area (Å²) in [5.41, 5.74) is 1.73. The Hall–Kier alpha value is -3.06. The van der Waals surface area contributed by atoms with Crippen LogP contribution in [0.4, 0.5) is 0 Å². The number of nitrogens with one attached hydrogen (secondary N) is 2. The maximum absolute atomic E-state index is 12.4. The lowest BCUT2D eigenvalue weighted by Gasteiger charge is -2.16. The molecule has 2 aromatic heterocycles. The molecule has 27 heavy (non-hydrogen) atoms. The SMILES string of the molecule is CC(C)(O)CCc1cccc(C(=O)NCc2nc(-c3ccncc3)n[nH]2)c1. The highest BCUT2D eigenvalue weighted by Gasteiger charge is 2.13. The summed E-state index contributed by atoms with van der Waals surface area (Å²) in [6.07, 6.45) is 4.70. The lowest BCUT2D eigenvalue weighted by molar-refractivity contribution is 0.0714. The number of pyridine rings is 1. The average Bonchev–Trinajstić information content (AvgIpc) is 3.14. The number of aryl methyl sites for hydroxylation is 1. The molecule has 1 amide bonds. The quantitative estimate of drug-likeness (QED) is 0.597. The zero-order valence-corrected chi connectivity index (χ0v) is 15.4. The Morgan fingerprint density at radius 3 is 2.74 bits per heavy atom. The van der Waals surface area contributed by atoms with Gasteiger partial charge in [-0.3, -0.25) is 14.9 Å². The van der Waals surface area contributed by atoms with Gasteiger partial charge in [0.05, 0.1) is 12.1 Å².